The molecule has 0 radical (unpaired) electrons. The maximum Gasteiger partial charge on any atom is 0.229 e. The predicted molar refractivity (Wildman–Crippen MR) is 61.0 cm³/mol. The fraction of sp³-hybridized carbons (Fsp3) is 0.818. The van der Waals surface area contributed by atoms with Gasteiger partial charge in [0.1, 0.15) is 0 Å². The Bertz CT molecular complexity index is 297. The van der Waals surface area contributed by atoms with Gasteiger partial charge in [-0.05, 0) is 19.8 Å². The first kappa shape index (κ1) is 13.1. The molecule has 1 aromatic heterocycles. The second-order valence-corrected chi connectivity index (χ2v) is 3.77. The van der Waals surface area contributed by atoms with Crippen molar-refractivity contribution >= 4 is 0 Å². The molecule has 0 saturated heterocycles. The highest BCUT2D eigenvalue weighted by molar-refractivity contribution is 4.97. The van der Waals surface area contributed by atoms with Crippen molar-refractivity contribution in [3.05, 3.63) is 11.7 Å². The van der Waals surface area contributed by atoms with Gasteiger partial charge in [-0.25, -0.2) is 0 Å². The van der Waals surface area contributed by atoms with Crippen LogP contribution in [0.1, 0.15) is 57.3 Å². The minimum absolute atomic E-state index is 0.299. The molecule has 1 aromatic rings. The number of rotatable bonds is 7. The summed E-state index contributed by atoms with van der Waals surface area (Å²) in [6.45, 7) is 7.22. The summed E-state index contributed by atoms with van der Waals surface area (Å²) in [6, 6.07) is -0.299. The van der Waals surface area contributed by atoms with Crippen LogP contribution in [-0.4, -0.2) is 23.4 Å². The Balaban J connectivity index is 2.62. The SMILES string of the molecule is CCOCC(N)c1noc(C(CC)CC)n1. The molecule has 16 heavy (non-hydrogen) atoms. The Kier molecular flexibility index (Phi) is 5.42. The zero-order valence-electron chi connectivity index (χ0n) is 10.3. The van der Waals surface area contributed by atoms with E-state index in [2.05, 4.69) is 24.0 Å². The average molecular weight is 227 g/mol. The summed E-state index contributed by atoms with van der Waals surface area (Å²) in [5.74, 6) is 1.56. The Labute approximate surface area is 96.4 Å². The van der Waals surface area contributed by atoms with E-state index in [0.29, 0.717) is 30.8 Å². The largest absolute Gasteiger partial charge is 0.380 e. The topological polar surface area (TPSA) is 74.2 Å². The number of aromatic nitrogens is 2. The molecule has 0 aromatic carbocycles. The van der Waals surface area contributed by atoms with Gasteiger partial charge < -0.3 is 15.0 Å². The maximum atomic E-state index is 5.87. The van der Waals surface area contributed by atoms with Crippen LogP contribution >= 0.6 is 0 Å². The third-order valence-electron chi connectivity index (χ3n) is 2.63. The lowest BCUT2D eigenvalue weighted by molar-refractivity contribution is 0.130. The van der Waals surface area contributed by atoms with Crippen molar-refractivity contribution in [2.75, 3.05) is 13.2 Å². The van der Waals surface area contributed by atoms with E-state index in [1.165, 1.54) is 0 Å². The van der Waals surface area contributed by atoms with Crippen LogP contribution in [0.2, 0.25) is 0 Å². The summed E-state index contributed by atoms with van der Waals surface area (Å²) in [6.07, 6.45) is 2.00. The summed E-state index contributed by atoms with van der Waals surface area (Å²) in [4.78, 5) is 4.32. The minimum atomic E-state index is -0.299. The van der Waals surface area contributed by atoms with Gasteiger partial charge in [-0.15, -0.1) is 0 Å². The van der Waals surface area contributed by atoms with Gasteiger partial charge in [0.2, 0.25) is 5.89 Å². The van der Waals surface area contributed by atoms with Gasteiger partial charge in [0.25, 0.3) is 0 Å². The molecule has 0 saturated carbocycles. The van der Waals surface area contributed by atoms with E-state index in [0.717, 1.165) is 12.8 Å². The summed E-state index contributed by atoms with van der Waals surface area (Å²) in [5, 5.41) is 3.89. The van der Waals surface area contributed by atoms with Gasteiger partial charge in [-0.1, -0.05) is 19.0 Å². The quantitative estimate of drug-likeness (QED) is 0.771. The minimum Gasteiger partial charge on any atom is -0.380 e. The van der Waals surface area contributed by atoms with Crippen molar-refractivity contribution < 1.29 is 9.26 Å². The first-order valence-corrected chi connectivity index (χ1v) is 5.89. The lowest BCUT2D eigenvalue weighted by atomic mass is 10.0. The molecule has 1 atom stereocenters. The monoisotopic (exact) mass is 227 g/mol. The summed E-state index contributed by atoms with van der Waals surface area (Å²) >= 11 is 0. The normalized spacial score (nSPS) is 13.3. The second kappa shape index (κ2) is 6.60. The van der Waals surface area contributed by atoms with Crippen LogP contribution in [0.15, 0.2) is 4.52 Å². The van der Waals surface area contributed by atoms with Crippen LogP contribution in [0, 0.1) is 0 Å². The Morgan fingerprint density at radius 3 is 2.56 bits per heavy atom. The highest BCUT2D eigenvalue weighted by Crippen LogP contribution is 2.21. The Morgan fingerprint density at radius 2 is 2.00 bits per heavy atom. The highest BCUT2D eigenvalue weighted by Gasteiger charge is 2.18. The van der Waals surface area contributed by atoms with Gasteiger partial charge in [-0.3, -0.25) is 0 Å². The fourth-order valence-corrected chi connectivity index (χ4v) is 1.52. The Hall–Kier alpha value is -0.940. The number of ether oxygens (including phenoxy) is 1. The van der Waals surface area contributed by atoms with Crippen molar-refractivity contribution in [1.82, 2.24) is 10.1 Å². The molecule has 5 heteroatoms. The molecule has 0 aliphatic carbocycles. The van der Waals surface area contributed by atoms with Crippen LogP contribution in [0.3, 0.4) is 0 Å². The van der Waals surface area contributed by atoms with E-state index >= 15 is 0 Å². The molecule has 0 bridgehead atoms. The molecule has 0 fully saturated rings. The van der Waals surface area contributed by atoms with Crippen molar-refractivity contribution in [2.24, 2.45) is 5.73 Å². The molecule has 1 unspecified atom stereocenters. The number of hydrogen-bond acceptors (Lipinski definition) is 5. The number of hydrogen-bond donors (Lipinski definition) is 1. The Morgan fingerprint density at radius 1 is 1.31 bits per heavy atom. The van der Waals surface area contributed by atoms with E-state index in [4.69, 9.17) is 15.0 Å². The smallest absolute Gasteiger partial charge is 0.229 e. The number of nitrogens with two attached hydrogens (primary N) is 1. The van der Waals surface area contributed by atoms with Gasteiger partial charge in [0.15, 0.2) is 5.82 Å². The first-order chi connectivity index (χ1) is 7.72. The van der Waals surface area contributed by atoms with E-state index in [-0.39, 0.29) is 6.04 Å². The predicted octanol–water partition coefficient (Wildman–Crippen LogP) is 2.01. The van der Waals surface area contributed by atoms with Gasteiger partial charge in [-0.2, -0.15) is 4.98 Å². The van der Waals surface area contributed by atoms with Crippen molar-refractivity contribution in [2.45, 2.75) is 45.6 Å². The third kappa shape index (κ3) is 3.28. The molecule has 5 nitrogen and oxygen atoms in total. The summed E-state index contributed by atoms with van der Waals surface area (Å²) in [5.41, 5.74) is 5.87. The lowest BCUT2D eigenvalue weighted by Gasteiger charge is -2.06. The molecule has 0 spiro atoms. The van der Waals surface area contributed by atoms with Gasteiger partial charge >= 0.3 is 0 Å². The standard InChI is InChI=1S/C11H21N3O2/c1-4-8(5-2)11-13-10(14-16-11)9(12)7-15-6-3/h8-9H,4-7,12H2,1-3H3. The third-order valence-corrected chi connectivity index (χ3v) is 2.63. The fourth-order valence-electron chi connectivity index (χ4n) is 1.52. The van der Waals surface area contributed by atoms with Crippen LogP contribution < -0.4 is 5.73 Å². The molecule has 0 aliphatic heterocycles. The molecule has 0 amide bonds. The molecule has 1 rings (SSSR count). The lowest BCUT2D eigenvalue weighted by Crippen LogP contribution is -2.18. The molecular formula is C11H21N3O2. The van der Waals surface area contributed by atoms with E-state index in [9.17, 15) is 0 Å². The summed E-state index contributed by atoms with van der Waals surface area (Å²) < 4.78 is 10.4. The summed E-state index contributed by atoms with van der Waals surface area (Å²) in [7, 11) is 0. The highest BCUT2D eigenvalue weighted by atomic mass is 16.5. The molecular weight excluding hydrogens is 206 g/mol. The maximum absolute atomic E-state index is 5.87. The zero-order valence-corrected chi connectivity index (χ0v) is 10.3. The van der Waals surface area contributed by atoms with E-state index in [1.54, 1.807) is 0 Å². The van der Waals surface area contributed by atoms with Crippen molar-refractivity contribution in [1.29, 1.82) is 0 Å². The van der Waals surface area contributed by atoms with Crippen LogP contribution in [-0.2, 0) is 4.74 Å². The molecule has 92 valence electrons. The van der Waals surface area contributed by atoms with Crippen molar-refractivity contribution in [3.63, 3.8) is 0 Å². The van der Waals surface area contributed by atoms with Crippen molar-refractivity contribution in [3.8, 4) is 0 Å². The molecule has 0 aliphatic rings. The van der Waals surface area contributed by atoms with E-state index < -0.39 is 0 Å². The van der Waals surface area contributed by atoms with Crippen LogP contribution in [0.4, 0.5) is 0 Å². The van der Waals surface area contributed by atoms with Gasteiger partial charge in [0, 0.05) is 12.5 Å². The molecule has 1 heterocycles. The van der Waals surface area contributed by atoms with Crippen LogP contribution in [0.25, 0.3) is 0 Å². The number of nitrogens with zero attached hydrogens (tertiary/aromatic N) is 2. The molecule has 2 N–H and O–H groups in total. The zero-order chi connectivity index (χ0) is 12.0. The second-order valence-electron chi connectivity index (χ2n) is 3.77. The van der Waals surface area contributed by atoms with Crippen LogP contribution in [0.5, 0.6) is 0 Å². The average Bonchev–Trinajstić information content (AvgIpc) is 2.77. The van der Waals surface area contributed by atoms with Gasteiger partial charge in [0.05, 0.1) is 12.6 Å². The first-order valence-electron chi connectivity index (χ1n) is 5.89. The van der Waals surface area contributed by atoms with E-state index in [1.807, 2.05) is 6.92 Å².